The number of fused-ring (bicyclic) bond motifs is 1. The molecule has 8 heteroatoms. The Kier molecular flexibility index (Phi) is 5.90. The highest BCUT2D eigenvalue weighted by Gasteiger charge is 2.33. The fourth-order valence-electron chi connectivity index (χ4n) is 3.79. The molecule has 1 aliphatic rings. The van der Waals surface area contributed by atoms with E-state index in [-0.39, 0.29) is 31.5 Å². The molecule has 1 fully saturated rings. The Morgan fingerprint density at radius 2 is 2.13 bits per heavy atom. The summed E-state index contributed by atoms with van der Waals surface area (Å²) in [7, 11) is 0. The van der Waals surface area contributed by atoms with Gasteiger partial charge in [-0.15, -0.1) is 0 Å². The van der Waals surface area contributed by atoms with Crippen LogP contribution in [0.4, 0.5) is 4.39 Å². The maximum absolute atomic E-state index is 13.8. The lowest BCUT2D eigenvalue weighted by Gasteiger charge is -2.15. The fraction of sp³-hybridized carbons (Fsp3) is 0.304. The third kappa shape index (κ3) is 4.25. The number of nitrogens with zero attached hydrogens (tertiary/aromatic N) is 1. The van der Waals surface area contributed by atoms with Gasteiger partial charge in [0.15, 0.2) is 0 Å². The second-order valence-corrected chi connectivity index (χ2v) is 7.43. The Morgan fingerprint density at radius 1 is 1.32 bits per heavy atom. The van der Waals surface area contributed by atoms with Gasteiger partial charge in [0, 0.05) is 24.0 Å². The predicted molar refractivity (Wildman–Crippen MR) is 111 cm³/mol. The van der Waals surface area contributed by atoms with E-state index < -0.39 is 11.9 Å². The van der Waals surface area contributed by atoms with Crippen molar-refractivity contribution >= 4 is 22.8 Å². The van der Waals surface area contributed by atoms with Gasteiger partial charge in [0.05, 0.1) is 12.2 Å². The van der Waals surface area contributed by atoms with Crippen LogP contribution in [0, 0.1) is 12.7 Å². The summed E-state index contributed by atoms with van der Waals surface area (Å²) in [6, 6.07) is 10.8. The highest BCUT2D eigenvalue weighted by atomic mass is 19.1. The van der Waals surface area contributed by atoms with Gasteiger partial charge in [0.2, 0.25) is 5.91 Å². The summed E-state index contributed by atoms with van der Waals surface area (Å²) >= 11 is 0. The molecule has 0 bridgehead atoms. The van der Waals surface area contributed by atoms with E-state index in [1.54, 1.807) is 43.3 Å². The molecule has 1 aromatic heterocycles. The van der Waals surface area contributed by atoms with E-state index >= 15 is 0 Å². The van der Waals surface area contributed by atoms with Gasteiger partial charge >= 0.3 is 0 Å². The van der Waals surface area contributed by atoms with Crippen LogP contribution < -0.4 is 10.1 Å². The molecule has 2 aromatic carbocycles. The van der Waals surface area contributed by atoms with E-state index in [0.29, 0.717) is 46.6 Å². The smallest absolute Gasteiger partial charge is 0.256 e. The molecular weight excluding hydrogens is 403 g/mol. The molecule has 0 aliphatic carbocycles. The predicted octanol–water partition coefficient (Wildman–Crippen LogP) is 2.78. The molecule has 0 saturated carbocycles. The molecule has 162 valence electrons. The molecule has 2 heterocycles. The molecule has 0 spiro atoms. The van der Waals surface area contributed by atoms with Crippen LogP contribution >= 0.6 is 0 Å². The first-order chi connectivity index (χ1) is 15.0. The molecule has 1 unspecified atom stereocenters. The zero-order valence-electron chi connectivity index (χ0n) is 17.1. The molecule has 3 aromatic rings. The van der Waals surface area contributed by atoms with Crippen molar-refractivity contribution in [3.05, 3.63) is 65.2 Å². The van der Waals surface area contributed by atoms with Gasteiger partial charge in [-0.05, 0) is 37.6 Å². The minimum atomic E-state index is -0.635. The molecule has 1 aliphatic heterocycles. The summed E-state index contributed by atoms with van der Waals surface area (Å²) in [5.74, 6) is -0.0687. The Hall–Kier alpha value is -3.39. The lowest BCUT2D eigenvalue weighted by Crippen LogP contribution is -2.42. The maximum atomic E-state index is 13.8. The van der Waals surface area contributed by atoms with Crippen LogP contribution in [0.2, 0.25) is 0 Å². The average molecular weight is 426 g/mol. The molecule has 2 N–H and O–H groups in total. The van der Waals surface area contributed by atoms with E-state index in [1.165, 1.54) is 11.0 Å². The normalized spacial score (nSPS) is 16.2. The summed E-state index contributed by atoms with van der Waals surface area (Å²) in [5.41, 5.74) is 1.27. The van der Waals surface area contributed by atoms with Gasteiger partial charge in [-0.3, -0.25) is 9.59 Å². The minimum Gasteiger partial charge on any atom is -0.489 e. The molecule has 31 heavy (non-hydrogen) atoms. The van der Waals surface area contributed by atoms with Crippen LogP contribution in [0.25, 0.3) is 11.0 Å². The molecule has 1 saturated heterocycles. The Labute approximate surface area is 178 Å². The van der Waals surface area contributed by atoms with Crippen molar-refractivity contribution in [2.45, 2.75) is 26.0 Å². The fourth-order valence-corrected chi connectivity index (χ4v) is 3.79. The number of ether oxygens (including phenoxy) is 1. The Bertz CT molecular complexity index is 1130. The van der Waals surface area contributed by atoms with Gasteiger partial charge in [-0.1, -0.05) is 18.2 Å². The number of carbonyl (C=O) groups is 2. The lowest BCUT2D eigenvalue weighted by atomic mass is 10.1. The molecule has 0 radical (unpaired) electrons. The molecular formula is C23H23FN2O5. The van der Waals surface area contributed by atoms with Gasteiger partial charge < -0.3 is 24.5 Å². The number of carbonyl (C=O) groups excluding carboxylic acids is 2. The summed E-state index contributed by atoms with van der Waals surface area (Å²) in [4.78, 5) is 26.9. The number of furan rings is 1. The Balaban J connectivity index is 1.53. The first-order valence-electron chi connectivity index (χ1n) is 10.1. The topological polar surface area (TPSA) is 92.0 Å². The van der Waals surface area contributed by atoms with Crippen LogP contribution in [0.5, 0.6) is 5.75 Å². The van der Waals surface area contributed by atoms with Gasteiger partial charge in [0.1, 0.15) is 35.6 Å². The van der Waals surface area contributed by atoms with Crippen molar-refractivity contribution in [3.8, 4) is 5.75 Å². The zero-order chi connectivity index (χ0) is 22.0. The summed E-state index contributed by atoms with van der Waals surface area (Å²) in [5, 5.41) is 12.4. The van der Waals surface area contributed by atoms with Crippen LogP contribution in [-0.2, 0) is 11.4 Å². The van der Waals surface area contributed by atoms with Gasteiger partial charge in [-0.2, -0.15) is 0 Å². The monoisotopic (exact) mass is 426 g/mol. The standard InChI is InChI=1S/C23H23FN2O5/c1-14-21(22(28)25-19-8-9-26(10-11-27)23(19)29)17-12-16(6-7-20(17)31-14)30-13-15-4-2-3-5-18(15)24/h2-7,12,19,27H,8-11,13H2,1H3,(H,25,28). The van der Waals surface area contributed by atoms with E-state index in [0.717, 1.165) is 0 Å². The van der Waals surface area contributed by atoms with Crippen molar-refractivity contribution in [1.82, 2.24) is 10.2 Å². The summed E-state index contributed by atoms with van der Waals surface area (Å²) in [6.45, 7) is 2.36. The number of benzene rings is 2. The van der Waals surface area contributed by atoms with E-state index in [1.807, 2.05) is 0 Å². The van der Waals surface area contributed by atoms with E-state index in [2.05, 4.69) is 5.32 Å². The van der Waals surface area contributed by atoms with Crippen molar-refractivity contribution in [1.29, 1.82) is 0 Å². The number of aryl methyl sites for hydroxylation is 1. The van der Waals surface area contributed by atoms with Crippen LogP contribution in [-0.4, -0.2) is 47.6 Å². The second kappa shape index (κ2) is 8.77. The third-order valence-electron chi connectivity index (χ3n) is 5.39. The van der Waals surface area contributed by atoms with Crippen LogP contribution in [0.3, 0.4) is 0 Å². The first kappa shape index (κ1) is 20.9. The number of hydrogen-bond acceptors (Lipinski definition) is 5. The SMILES string of the molecule is Cc1oc2ccc(OCc3ccccc3F)cc2c1C(=O)NC1CCN(CCO)C1=O. The lowest BCUT2D eigenvalue weighted by molar-refractivity contribution is -0.129. The van der Waals surface area contributed by atoms with Crippen molar-refractivity contribution < 1.29 is 28.2 Å². The zero-order valence-corrected chi connectivity index (χ0v) is 17.1. The molecule has 7 nitrogen and oxygen atoms in total. The highest BCUT2D eigenvalue weighted by molar-refractivity contribution is 6.08. The van der Waals surface area contributed by atoms with Crippen molar-refractivity contribution in [2.24, 2.45) is 0 Å². The number of aliphatic hydroxyl groups excluding tert-OH is 1. The number of halogens is 1. The Morgan fingerprint density at radius 3 is 2.90 bits per heavy atom. The highest BCUT2D eigenvalue weighted by Crippen LogP contribution is 2.30. The number of amides is 2. The average Bonchev–Trinajstić information content (AvgIpc) is 3.26. The number of nitrogens with one attached hydrogen (secondary N) is 1. The van der Waals surface area contributed by atoms with Crippen LogP contribution in [0.15, 0.2) is 46.9 Å². The quantitative estimate of drug-likeness (QED) is 0.606. The molecule has 2 amide bonds. The second-order valence-electron chi connectivity index (χ2n) is 7.43. The van der Waals surface area contributed by atoms with Crippen molar-refractivity contribution in [3.63, 3.8) is 0 Å². The van der Waals surface area contributed by atoms with Gasteiger partial charge in [0.25, 0.3) is 5.91 Å². The summed E-state index contributed by atoms with van der Waals surface area (Å²) < 4.78 is 25.2. The number of aliphatic hydroxyl groups is 1. The number of β-amino-alcohol motifs (C(OH)–C–C–N with tert-alkyl or cyclic N) is 1. The largest absolute Gasteiger partial charge is 0.489 e. The van der Waals surface area contributed by atoms with Gasteiger partial charge in [-0.25, -0.2) is 4.39 Å². The van der Waals surface area contributed by atoms with E-state index in [9.17, 15) is 14.0 Å². The molecule has 1 atom stereocenters. The third-order valence-corrected chi connectivity index (χ3v) is 5.39. The first-order valence-corrected chi connectivity index (χ1v) is 10.1. The number of rotatable bonds is 7. The molecule has 4 rings (SSSR count). The number of likely N-dealkylation sites (tertiary alicyclic amines) is 1. The number of hydrogen-bond donors (Lipinski definition) is 2. The minimum absolute atomic E-state index is 0.0494. The van der Waals surface area contributed by atoms with Crippen molar-refractivity contribution in [2.75, 3.05) is 19.7 Å². The maximum Gasteiger partial charge on any atom is 0.256 e. The van der Waals surface area contributed by atoms with Crippen LogP contribution in [0.1, 0.15) is 28.1 Å². The summed E-state index contributed by atoms with van der Waals surface area (Å²) in [6.07, 6.45) is 0.483. The van der Waals surface area contributed by atoms with E-state index in [4.69, 9.17) is 14.3 Å².